The summed E-state index contributed by atoms with van der Waals surface area (Å²) in [6, 6.07) is 1.77. The van der Waals surface area contributed by atoms with Gasteiger partial charge in [-0.1, -0.05) is 0 Å². The highest BCUT2D eigenvalue weighted by molar-refractivity contribution is 9.13. The molecule has 0 aliphatic carbocycles. The predicted octanol–water partition coefficient (Wildman–Crippen LogP) is 3.63. The van der Waals surface area contributed by atoms with Gasteiger partial charge in [0.05, 0.1) is 8.66 Å². The number of amides is 1. The smallest absolute Gasteiger partial charge is 0.261 e. The number of rotatable bonds is 3. The number of hydrogen-bond donors (Lipinski definition) is 1. The molecule has 6 heteroatoms. The van der Waals surface area contributed by atoms with Crippen LogP contribution in [0.4, 0.5) is 0 Å². The zero-order valence-electron chi connectivity index (χ0n) is 7.31. The van der Waals surface area contributed by atoms with Gasteiger partial charge < -0.3 is 5.32 Å². The summed E-state index contributed by atoms with van der Waals surface area (Å²) >= 11 is 13.6. The quantitative estimate of drug-likeness (QED) is 0.819. The van der Waals surface area contributed by atoms with Crippen LogP contribution in [0.15, 0.2) is 14.3 Å². The van der Waals surface area contributed by atoms with Crippen molar-refractivity contribution in [3.63, 3.8) is 0 Å². The van der Waals surface area contributed by atoms with E-state index in [1.54, 1.807) is 6.07 Å². The van der Waals surface area contributed by atoms with Crippen LogP contribution >= 0.6 is 54.8 Å². The van der Waals surface area contributed by atoms with Gasteiger partial charge in [-0.05, 0) is 44.8 Å². The maximum atomic E-state index is 11.6. The monoisotopic (exact) mass is 359 g/mol. The van der Waals surface area contributed by atoms with E-state index in [2.05, 4.69) is 37.2 Å². The van der Waals surface area contributed by atoms with Crippen LogP contribution in [0.1, 0.15) is 16.6 Å². The largest absolute Gasteiger partial charge is 0.348 e. The van der Waals surface area contributed by atoms with Crippen molar-refractivity contribution in [2.24, 2.45) is 0 Å². The third-order valence-corrected chi connectivity index (χ3v) is 5.20. The van der Waals surface area contributed by atoms with Gasteiger partial charge in [-0.25, -0.2) is 0 Å². The van der Waals surface area contributed by atoms with Crippen LogP contribution in [-0.2, 0) is 0 Å². The molecule has 78 valence electrons. The van der Waals surface area contributed by atoms with Gasteiger partial charge in [0.25, 0.3) is 5.91 Å². The first-order valence-electron chi connectivity index (χ1n) is 3.86. The summed E-state index contributed by atoms with van der Waals surface area (Å²) in [5.41, 5.74) is 0. The molecule has 0 saturated heterocycles. The summed E-state index contributed by atoms with van der Waals surface area (Å²) < 4.78 is 1.81. The van der Waals surface area contributed by atoms with E-state index in [4.69, 9.17) is 11.6 Å². The standard InChI is InChI=1S/C8H8Br2ClNOS/c1-4(3-11)12-8(13)6-2-5(9)7(10)14-6/h2,4H,3H2,1H3,(H,12,13). The minimum atomic E-state index is -0.0884. The zero-order chi connectivity index (χ0) is 10.7. The minimum absolute atomic E-state index is 0.0104. The van der Waals surface area contributed by atoms with Crippen LogP contribution in [0.2, 0.25) is 0 Å². The van der Waals surface area contributed by atoms with Crippen molar-refractivity contribution in [3.8, 4) is 0 Å². The van der Waals surface area contributed by atoms with Crippen LogP contribution in [-0.4, -0.2) is 17.8 Å². The summed E-state index contributed by atoms with van der Waals surface area (Å²) in [5.74, 6) is 0.328. The second-order valence-corrected chi connectivity index (χ2v) is 6.29. The lowest BCUT2D eigenvalue weighted by Gasteiger charge is -2.08. The fourth-order valence-corrected chi connectivity index (χ4v) is 2.81. The minimum Gasteiger partial charge on any atom is -0.348 e. The molecule has 1 aromatic rings. The Labute approximate surface area is 108 Å². The predicted molar refractivity (Wildman–Crippen MR) is 67.4 cm³/mol. The average molecular weight is 361 g/mol. The van der Waals surface area contributed by atoms with Crippen molar-refractivity contribution in [2.45, 2.75) is 13.0 Å². The molecule has 1 rings (SSSR count). The van der Waals surface area contributed by atoms with Crippen LogP contribution in [0.3, 0.4) is 0 Å². The third kappa shape index (κ3) is 3.22. The molecular formula is C8H8Br2ClNOS. The highest BCUT2D eigenvalue weighted by atomic mass is 79.9. The van der Waals surface area contributed by atoms with Crippen molar-refractivity contribution in [1.82, 2.24) is 5.32 Å². The maximum absolute atomic E-state index is 11.6. The Kier molecular flexibility index (Phi) is 4.90. The second-order valence-electron chi connectivity index (χ2n) is 2.76. The topological polar surface area (TPSA) is 29.1 Å². The summed E-state index contributed by atoms with van der Waals surface area (Å²) in [6.45, 7) is 1.86. The summed E-state index contributed by atoms with van der Waals surface area (Å²) in [5, 5.41) is 2.78. The molecule has 0 aliphatic heterocycles. The van der Waals surface area contributed by atoms with E-state index in [-0.39, 0.29) is 11.9 Å². The highest BCUT2D eigenvalue weighted by Crippen LogP contribution is 2.32. The molecule has 0 radical (unpaired) electrons. The number of nitrogens with one attached hydrogen (secondary N) is 1. The fourth-order valence-electron chi connectivity index (χ4n) is 0.792. The van der Waals surface area contributed by atoms with Gasteiger partial charge in [-0.15, -0.1) is 22.9 Å². The van der Waals surface area contributed by atoms with Crippen molar-refractivity contribution in [1.29, 1.82) is 0 Å². The molecule has 0 aliphatic rings. The molecule has 0 fully saturated rings. The van der Waals surface area contributed by atoms with Gasteiger partial charge in [0, 0.05) is 16.4 Å². The number of halogens is 3. The highest BCUT2D eigenvalue weighted by Gasteiger charge is 2.13. The first-order chi connectivity index (χ1) is 6.54. The number of hydrogen-bond acceptors (Lipinski definition) is 2. The van der Waals surface area contributed by atoms with E-state index in [0.29, 0.717) is 10.8 Å². The molecule has 0 bridgehead atoms. The lowest BCUT2D eigenvalue weighted by Crippen LogP contribution is -2.33. The Morgan fingerprint density at radius 2 is 2.36 bits per heavy atom. The van der Waals surface area contributed by atoms with Gasteiger partial charge in [0.15, 0.2) is 0 Å². The van der Waals surface area contributed by atoms with E-state index in [0.717, 1.165) is 8.26 Å². The maximum Gasteiger partial charge on any atom is 0.261 e. The van der Waals surface area contributed by atoms with Crippen LogP contribution in [0.25, 0.3) is 0 Å². The molecule has 1 aromatic heterocycles. The van der Waals surface area contributed by atoms with Gasteiger partial charge in [-0.2, -0.15) is 0 Å². The molecular weight excluding hydrogens is 353 g/mol. The normalized spacial score (nSPS) is 12.6. The average Bonchev–Trinajstić information content (AvgIpc) is 2.47. The lowest BCUT2D eigenvalue weighted by molar-refractivity contribution is 0.0947. The number of carbonyl (C=O) groups excluding carboxylic acids is 1. The van der Waals surface area contributed by atoms with Crippen molar-refractivity contribution in [3.05, 3.63) is 19.2 Å². The summed E-state index contributed by atoms with van der Waals surface area (Å²) in [7, 11) is 0. The van der Waals surface area contributed by atoms with Gasteiger partial charge >= 0.3 is 0 Å². The Hall–Kier alpha value is 0.420. The number of thiophene rings is 1. The zero-order valence-corrected chi connectivity index (χ0v) is 12.1. The Morgan fingerprint density at radius 1 is 1.71 bits per heavy atom. The van der Waals surface area contributed by atoms with E-state index >= 15 is 0 Å². The SMILES string of the molecule is CC(CCl)NC(=O)c1cc(Br)c(Br)s1. The Morgan fingerprint density at radius 3 is 2.79 bits per heavy atom. The Balaban J connectivity index is 2.70. The molecule has 14 heavy (non-hydrogen) atoms. The van der Waals surface area contributed by atoms with Gasteiger partial charge in [0.2, 0.25) is 0 Å². The molecule has 2 nitrogen and oxygen atoms in total. The summed E-state index contributed by atoms with van der Waals surface area (Å²) in [6.07, 6.45) is 0. The van der Waals surface area contributed by atoms with Gasteiger partial charge in [0.1, 0.15) is 0 Å². The molecule has 1 heterocycles. The second kappa shape index (κ2) is 5.49. The fraction of sp³-hybridized carbons (Fsp3) is 0.375. The van der Waals surface area contributed by atoms with E-state index < -0.39 is 0 Å². The first kappa shape index (κ1) is 12.5. The molecule has 1 atom stereocenters. The number of alkyl halides is 1. The lowest BCUT2D eigenvalue weighted by atomic mass is 10.3. The van der Waals surface area contributed by atoms with Crippen molar-refractivity contribution >= 4 is 60.7 Å². The van der Waals surface area contributed by atoms with Crippen LogP contribution < -0.4 is 5.32 Å². The van der Waals surface area contributed by atoms with Crippen LogP contribution in [0.5, 0.6) is 0 Å². The number of carbonyl (C=O) groups is 1. The van der Waals surface area contributed by atoms with E-state index in [1.165, 1.54) is 11.3 Å². The van der Waals surface area contributed by atoms with Crippen molar-refractivity contribution in [2.75, 3.05) is 5.88 Å². The first-order valence-corrected chi connectivity index (χ1v) is 6.80. The molecule has 1 amide bonds. The van der Waals surface area contributed by atoms with Crippen molar-refractivity contribution < 1.29 is 4.79 Å². The Bertz CT molecular complexity index is 323. The molecule has 1 unspecified atom stereocenters. The molecule has 0 aromatic carbocycles. The van der Waals surface area contributed by atoms with Crippen LogP contribution in [0, 0.1) is 0 Å². The molecule has 1 N–H and O–H groups in total. The third-order valence-electron chi connectivity index (χ3n) is 1.48. The van der Waals surface area contributed by atoms with E-state index in [1.807, 2.05) is 6.92 Å². The molecule has 0 spiro atoms. The van der Waals surface area contributed by atoms with E-state index in [9.17, 15) is 4.79 Å². The summed E-state index contributed by atoms with van der Waals surface area (Å²) in [4.78, 5) is 12.2. The van der Waals surface area contributed by atoms with Gasteiger partial charge in [-0.3, -0.25) is 4.79 Å². The molecule has 0 saturated carbocycles.